The molecule has 2 aromatic rings. The number of amides is 2. The van der Waals surface area contributed by atoms with E-state index in [0.29, 0.717) is 6.54 Å². The molecule has 1 unspecified atom stereocenters. The van der Waals surface area contributed by atoms with Crippen molar-refractivity contribution in [2.45, 2.75) is 43.8 Å². The first-order valence-corrected chi connectivity index (χ1v) is 10.8. The second kappa shape index (κ2) is 6.97. The van der Waals surface area contributed by atoms with E-state index in [9.17, 15) is 14.7 Å². The van der Waals surface area contributed by atoms with Crippen molar-refractivity contribution in [3.63, 3.8) is 0 Å². The number of carbonyl (C=O) groups is 2. The van der Waals surface area contributed by atoms with Crippen molar-refractivity contribution >= 4 is 38.9 Å². The van der Waals surface area contributed by atoms with Crippen molar-refractivity contribution in [1.29, 1.82) is 0 Å². The Morgan fingerprint density at radius 3 is 3.00 bits per heavy atom. The van der Waals surface area contributed by atoms with Gasteiger partial charge in [0, 0.05) is 10.4 Å². The topological polar surface area (TPSA) is 82.0 Å². The number of thiophene rings is 1. The third-order valence-corrected chi connectivity index (χ3v) is 7.31. The highest BCUT2D eigenvalue weighted by atomic mass is 32.1. The number of carbonyl (C=O) groups excluding carboxylic acids is 2. The molecule has 0 radical (unpaired) electrons. The Hall–Kier alpha value is -2.25. The van der Waals surface area contributed by atoms with Gasteiger partial charge in [-0.15, -0.1) is 11.3 Å². The van der Waals surface area contributed by atoms with E-state index >= 15 is 0 Å². The van der Waals surface area contributed by atoms with Gasteiger partial charge in [-0.25, -0.2) is 0 Å². The Kier molecular flexibility index (Phi) is 4.44. The van der Waals surface area contributed by atoms with Gasteiger partial charge < -0.3 is 15.3 Å². The lowest BCUT2D eigenvalue weighted by molar-refractivity contribution is -0.142. The van der Waals surface area contributed by atoms with Crippen LogP contribution in [0.1, 0.15) is 37.3 Å². The lowest BCUT2D eigenvalue weighted by Gasteiger charge is -2.42. The average Bonchev–Trinajstić information content (AvgIpc) is 3.30. The zero-order valence-corrected chi connectivity index (χ0v) is 16.3. The van der Waals surface area contributed by atoms with Crippen molar-refractivity contribution < 1.29 is 14.7 Å². The van der Waals surface area contributed by atoms with E-state index in [-0.39, 0.29) is 23.9 Å². The van der Waals surface area contributed by atoms with E-state index < -0.39 is 18.6 Å². The van der Waals surface area contributed by atoms with Gasteiger partial charge in [-0.2, -0.15) is 0 Å². The molecule has 3 aliphatic rings. The molecule has 4 atom stereocenters. The summed E-state index contributed by atoms with van der Waals surface area (Å²) >= 11 is 1.63. The summed E-state index contributed by atoms with van der Waals surface area (Å²) in [5.74, 6) is -0.882. The van der Waals surface area contributed by atoms with Gasteiger partial charge >= 0.3 is 0 Å². The van der Waals surface area contributed by atoms with E-state index in [1.54, 1.807) is 11.3 Å². The Bertz CT molecular complexity index is 969. The van der Waals surface area contributed by atoms with Crippen LogP contribution in [-0.2, 0) is 9.59 Å². The van der Waals surface area contributed by atoms with Crippen molar-refractivity contribution in [2.24, 2.45) is 10.9 Å². The van der Waals surface area contributed by atoms with Crippen molar-refractivity contribution in [3.8, 4) is 0 Å². The second-order valence-corrected chi connectivity index (χ2v) is 8.74. The van der Waals surface area contributed by atoms with Gasteiger partial charge in [0.1, 0.15) is 12.5 Å². The van der Waals surface area contributed by atoms with Gasteiger partial charge in [0.15, 0.2) is 0 Å². The van der Waals surface area contributed by atoms with Gasteiger partial charge in [-0.3, -0.25) is 14.6 Å². The molecule has 3 heterocycles. The average molecular weight is 398 g/mol. The minimum Gasteiger partial charge on any atom is -0.387 e. The molecule has 0 bridgehead atoms. The maximum atomic E-state index is 13.0. The fourth-order valence-corrected chi connectivity index (χ4v) is 6.10. The molecule has 7 heteroatoms. The molecule has 1 aromatic carbocycles. The molecule has 146 valence electrons. The van der Waals surface area contributed by atoms with Crippen LogP contribution >= 0.6 is 11.3 Å². The maximum Gasteiger partial charge on any atom is 0.249 e. The Labute approximate surface area is 167 Å². The Morgan fingerprint density at radius 1 is 1.29 bits per heavy atom. The van der Waals surface area contributed by atoms with Crippen molar-refractivity contribution in [1.82, 2.24) is 10.2 Å². The zero-order chi connectivity index (χ0) is 19.3. The van der Waals surface area contributed by atoms with E-state index in [4.69, 9.17) is 4.99 Å². The van der Waals surface area contributed by atoms with Crippen LogP contribution < -0.4 is 5.32 Å². The standard InChI is InChI=1S/C21H23N3O3S/c25-11-17(26)24-16-7-2-1-6-14(16)23-15-10-22-21(27)18(15)19(24)13-5-3-4-12-8-9-28-20(12)13/h3-5,8-9,14,16,18-19,25H,1-2,6-7,10-11H2,(H,22,27)/t14-,16-,18?,19-/m1/s1. The first-order chi connectivity index (χ1) is 13.7. The molecule has 6 nitrogen and oxygen atoms in total. The number of fused-ring (bicyclic) bond motifs is 3. The quantitative estimate of drug-likeness (QED) is 0.816. The highest BCUT2D eigenvalue weighted by molar-refractivity contribution is 7.17. The van der Waals surface area contributed by atoms with Gasteiger partial charge in [0.05, 0.1) is 24.7 Å². The lowest BCUT2D eigenvalue weighted by Crippen LogP contribution is -2.51. The van der Waals surface area contributed by atoms with Crippen LogP contribution in [0.2, 0.25) is 0 Å². The summed E-state index contributed by atoms with van der Waals surface area (Å²) < 4.78 is 1.09. The summed E-state index contributed by atoms with van der Waals surface area (Å²) in [5.41, 5.74) is 1.84. The van der Waals surface area contributed by atoms with Gasteiger partial charge in [-0.1, -0.05) is 31.0 Å². The molecule has 2 amide bonds. The fraction of sp³-hybridized carbons (Fsp3) is 0.476. The van der Waals surface area contributed by atoms with Gasteiger partial charge in [0.25, 0.3) is 0 Å². The molecule has 0 spiro atoms. The molecule has 1 aliphatic carbocycles. The number of aliphatic hydroxyl groups excluding tert-OH is 1. The molecule has 2 aliphatic heterocycles. The number of rotatable bonds is 2. The summed E-state index contributed by atoms with van der Waals surface area (Å²) in [4.78, 5) is 32.7. The number of aliphatic hydroxyl groups is 1. The van der Waals surface area contributed by atoms with Crippen LogP contribution in [0.4, 0.5) is 0 Å². The van der Waals surface area contributed by atoms with Gasteiger partial charge in [-0.05, 0) is 35.2 Å². The predicted octanol–water partition coefficient (Wildman–Crippen LogP) is 2.28. The Balaban J connectivity index is 1.74. The molecule has 1 saturated heterocycles. The number of nitrogens with one attached hydrogen (secondary N) is 1. The molecular formula is C21H23N3O3S. The molecule has 2 N–H and O–H groups in total. The first kappa shape index (κ1) is 17.8. The first-order valence-electron chi connectivity index (χ1n) is 9.91. The minimum atomic E-state index is -0.552. The normalized spacial score (nSPS) is 29.7. The molecular weight excluding hydrogens is 374 g/mol. The summed E-state index contributed by atoms with van der Waals surface area (Å²) in [6, 6.07) is 7.62. The predicted molar refractivity (Wildman–Crippen MR) is 108 cm³/mol. The van der Waals surface area contributed by atoms with Crippen molar-refractivity contribution in [3.05, 3.63) is 35.2 Å². The molecule has 5 rings (SSSR count). The summed E-state index contributed by atoms with van der Waals surface area (Å²) in [6.45, 7) is -0.103. The number of benzene rings is 1. The lowest BCUT2D eigenvalue weighted by atomic mass is 9.85. The molecule has 28 heavy (non-hydrogen) atoms. The summed E-state index contributed by atoms with van der Waals surface area (Å²) in [7, 11) is 0. The van der Waals surface area contributed by atoms with Crippen LogP contribution in [0.5, 0.6) is 0 Å². The summed E-state index contributed by atoms with van der Waals surface area (Å²) in [6.07, 6.45) is 3.89. The molecule has 1 saturated carbocycles. The number of nitrogens with zero attached hydrogens (tertiary/aromatic N) is 2. The highest BCUT2D eigenvalue weighted by Gasteiger charge is 2.49. The largest absolute Gasteiger partial charge is 0.387 e. The van der Waals surface area contributed by atoms with Gasteiger partial charge in [0.2, 0.25) is 11.8 Å². The molecule has 2 fully saturated rings. The molecule has 1 aromatic heterocycles. The number of hydrogen-bond donors (Lipinski definition) is 2. The van der Waals surface area contributed by atoms with Crippen LogP contribution in [-0.4, -0.2) is 52.8 Å². The van der Waals surface area contributed by atoms with E-state index in [1.807, 2.05) is 22.4 Å². The zero-order valence-electron chi connectivity index (χ0n) is 15.5. The van der Waals surface area contributed by atoms with Crippen molar-refractivity contribution in [2.75, 3.05) is 13.2 Å². The minimum absolute atomic E-state index is 0.00184. The van der Waals surface area contributed by atoms with Crippen LogP contribution in [0.15, 0.2) is 34.6 Å². The number of hydrogen-bond acceptors (Lipinski definition) is 5. The highest BCUT2D eigenvalue weighted by Crippen LogP contribution is 2.43. The van der Waals surface area contributed by atoms with E-state index in [1.165, 1.54) is 0 Å². The Morgan fingerprint density at radius 2 is 2.14 bits per heavy atom. The third-order valence-electron chi connectivity index (χ3n) is 6.33. The smallest absolute Gasteiger partial charge is 0.249 e. The summed E-state index contributed by atoms with van der Waals surface area (Å²) in [5, 5.41) is 15.9. The monoisotopic (exact) mass is 397 g/mol. The third kappa shape index (κ3) is 2.68. The van der Waals surface area contributed by atoms with E-state index in [0.717, 1.165) is 47.0 Å². The fourth-order valence-electron chi connectivity index (χ4n) is 5.15. The SMILES string of the molecule is O=C1NCC2=N[C@@H]3CCCC[C@H]3N(C(=O)CO)[C@H](c3cccc4ccsc34)C12. The maximum absolute atomic E-state index is 13.0. The van der Waals surface area contributed by atoms with Crippen LogP contribution in [0.3, 0.4) is 0 Å². The number of aliphatic imine (C=N–C) groups is 1. The van der Waals surface area contributed by atoms with Crippen LogP contribution in [0, 0.1) is 5.92 Å². The second-order valence-electron chi connectivity index (χ2n) is 7.83. The van der Waals surface area contributed by atoms with E-state index in [2.05, 4.69) is 17.4 Å². The van der Waals surface area contributed by atoms with Crippen LogP contribution in [0.25, 0.3) is 10.1 Å².